The van der Waals surface area contributed by atoms with Crippen molar-refractivity contribution >= 4 is 27.5 Å². The molecule has 0 aliphatic heterocycles. The molecule has 1 aromatic heterocycles. The van der Waals surface area contributed by atoms with Gasteiger partial charge in [-0.3, -0.25) is 19.3 Å². The zero-order valence-corrected chi connectivity index (χ0v) is 24.4. The van der Waals surface area contributed by atoms with E-state index < -0.39 is 34.4 Å². The van der Waals surface area contributed by atoms with Crippen molar-refractivity contribution in [2.75, 3.05) is 18.4 Å². The van der Waals surface area contributed by atoms with Crippen LogP contribution in [0.25, 0.3) is 0 Å². The molecule has 3 aromatic carbocycles. The van der Waals surface area contributed by atoms with E-state index in [0.717, 1.165) is 17.7 Å². The van der Waals surface area contributed by atoms with Crippen molar-refractivity contribution in [2.24, 2.45) is 0 Å². The number of pyridine rings is 1. The molecule has 1 atom stereocenters. The molecule has 4 aromatic rings. The summed E-state index contributed by atoms with van der Waals surface area (Å²) in [6, 6.07) is 22.1. The Hall–Kier alpha value is -4.97. The third-order valence-electron chi connectivity index (χ3n) is 6.44. The van der Waals surface area contributed by atoms with E-state index in [1.54, 1.807) is 56.6 Å². The Bertz CT molecular complexity index is 1620. The van der Waals surface area contributed by atoms with Crippen molar-refractivity contribution in [1.29, 1.82) is 0 Å². The maximum absolute atomic E-state index is 13.4. The Kier molecular flexibility index (Phi) is 10.3. The second-order valence-electron chi connectivity index (χ2n) is 9.46. The number of sulfonamides is 1. The molecule has 0 aliphatic carbocycles. The number of methoxy groups -OCH3 is 1. The first kappa shape index (κ1) is 31.0. The van der Waals surface area contributed by atoms with Gasteiger partial charge >= 0.3 is 0 Å². The van der Waals surface area contributed by atoms with Crippen LogP contribution in [0, 0.1) is 5.82 Å². The maximum atomic E-state index is 13.4. The fraction of sp³-hybridized carbons (Fsp3) is 0.194. The fourth-order valence-electron chi connectivity index (χ4n) is 4.01. The van der Waals surface area contributed by atoms with Crippen molar-refractivity contribution in [3.8, 4) is 11.5 Å². The average Bonchev–Trinajstić information content (AvgIpc) is 3.03. The molecule has 0 bridgehead atoms. The highest BCUT2D eigenvalue weighted by Gasteiger charge is 2.27. The molecule has 0 radical (unpaired) electrons. The van der Waals surface area contributed by atoms with E-state index in [2.05, 4.69) is 15.0 Å². The SMILES string of the molecule is COc1ccc(CN(C(=O)COc2ccc(S(=O)(=O)Nc3ccc(F)cc3)cc2)C(C)C(=O)NCc2ccccn2)cc1. The van der Waals surface area contributed by atoms with Crippen LogP contribution in [0.5, 0.6) is 11.5 Å². The molecule has 2 N–H and O–H groups in total. The number of carbonyl (C=O) groups excluding carboxylic acids is 2. The first-order valence-electron chi connectivity index (χ1n) is 13.3. The number of rotatable bonds is 13. The summed E-state index contributed by atoms with van der Waals surface area (Å²) in [5.74, 6) is -0.391. The summed E-state index contributed by atoms with van der Waals surface area (Å²) in [4.78, 5) is 32.0. The van der Waals surface area contributed by atoms with Gasteiger partial charge in [-0.25, -0.2) is 12.8 Å². The van der Waals surface area contributed by atoms with E-state index >= 15 is 0 Å². The third-order valence-corrected chi connectivity index (χ3v) is 7.84. The number of nitrogens with one attached hydrogen (secondary N) is 2. The summed E-state index contributed by atoms with van der Waals surface area (Å²) in [5, 5.41) is 2.81. The van der Waals surface area contributed by atoms with Crippen LogP contribution in [-0.4, -0.2) is 49.9 Å². The van der Waals surface area contributed by atoms with Crippen LogP contribution in [0.2, 0.25) is 0 Å². The average molecular weight is 607 g/mol. The van der Waals surface area contributed by atoms with Gasteiger partial charge < -0.3 is 19.7 Å². The molecule has 0 spiro atoms. The summed E-state index contributed by atoms with van der Waals surface area (Å²) in [5.41, 5.74) is 1.67. The van der Waals surface area contributed by atoms with Gasteiger partial charge in [0.25, 0.3) is 15.9 Å². The van der Waals surface area contributed by atoms with E-state index in [9.17, 15) is 22.4 Å². The number of anilines is 1. The second-order valence-corrected chi connectivity index (χ2v) is 11.1. The molecule has 0 fully saturated rings. The summed E-state index contributed by atoms with van der Waals surface area (Å²) < 4.78 is 51.8. The number of hydrogen-bond donors (Lipinski definition) is 2. The minimum atomic E-state index is -3.93. The lowest BCUT2D eigenvalue weighted by atomic mass is 10.1. The monoisotopic (exact) mass is 606 g/mol. The van der Waals surface area contributed by atoms with Crippen LogP contribution in [0.4, 0.5) is 10.1 Å². The van der Waals surface area contributed by atoms with Crippen molar-refractivity contribution in [2.45, 2.75) is 31.0 Å². The lowest BCUT2D eigenvalue weighted by Crippen LogP contribution is -2.48. The summed E-state index contributed by atoms with van der Waals surface area (Å²) >= 11 is 0. The van der Waals surface area contributed by atoms with Gasteiger partial charge in [0.05, 0.1) is 24.2 Å². The molecule has 4 rings (SSSR count). The highest BCUT2D eigenvalue weighted by atomic mass is 32.2. The van der Waals surface area contributed by atoms with Crippen molar-refractivity contribution in [1.82, 2.24) is 15.2 Å². The smallest absolute Gasteiger partial charge is 0.261 e. The Labute approximate surface area is 249 Å². The molecule has 1 unspecified atom stereocenters. The van der Waals surface area contributed by atoms with E-state index in [0.29, 0.717) is 11.4 Å². The molecule has 10 nitrogen and oxygen atoms in total. The standard InChI is InChI=1S/C31H31FN4O6S/c1-22(31(38)34-19-26-5-3-4-18-33-26)36(20-23-6-12-27(41-2)13-7-23)30(37)21-42-28-14-16-29(17-15-28)43(39,40)35-25-10-8-24(32)9-11-25/h3-18,22,35H,19-21H2,1-2H3,(H,34,38). The predicted octanol–water partition coefficient (Wildman–Crippen LogP) is 4.14. The van der Waals surface area contributed by atoms with Crippen molar-refractivity contribution in [3.05, 3.63) is 114 Å². The summed E-state index contributed by atoms with van der Waals surface area (Å²) in [6.45, 7) is 1.57. The van der Waals surface area contributed by atoms with Gasteiger partial charge in [-0.1, -0.05) is 18.2 Å². The molecule has 43 heavy (non-hydrogen) atoms. The van der Waals surface area contributed by atoms with Crippen molar-refractivity contribution in [3.63, 3.8) is 0 Å². The van der Waals surface area contributed by atoms with Crippen LogP contribution in [-0.2, 0) is 32.7 Å². The van der Waals surface area contributed by atoms with Crippen LogP contribution in [0.3, 0.4) is 0 Å². The molecule has 0 aliphatic rings. The normalized spacial score (nSPS) is 11.7. The van der Waals surface area contributed by atoms with Crippen LogP contribution >= 0.6 is 0 Å². The lowest BCUT2D eigenvalue weighted by molar-refractivity contribution is -0.142. The van der Waals surface area contributed by atoms with Gasteiger partial charge in [0.2, 0.25) is 5.91 Å². The van der Waals surface area contributed by atoms with Gasteiger partial charge in [-0.05, 0) is 85.3 Å². The van der Waals surface area contributed by atoms with Gasteiger partial charge in [-0.15, -0.1) is 0 Å². The Morgan fingerprint density at radius 2 is 1.60 bits per heavy atom. The molecule has 0 saturated carbocycles. The van der Waals surface area contributed by atoms with Crippen LogP contribution in [0.1, 0.15) is 18.2 Å². The Morgan fingerprint density at radius 3 is 2.23 bits per heavy atom. The maximum Gasteiger partial charge on any atom is 0.261 e. The Balaban J connectivity index is 1.42. The second kappa shape index (κ2) is 14.3. The van der Waals surface area contributed by atoms with Gasteiger partial charge in [-0.2, -0.15) is 0 Å². The highest BCUT2D eigenvalue weighted by Crippen LogP contribution is 2.20. The first-order valence-corrected chi connectivity index (χ1v) is 14.7. The van der Waals surface area contributed by atoms with Gasteiger partial charge in [0.1, 0.15) is 23.4 Å². The van der Waals surface area contributed by atoms with Gasteiger partial charge in [0.15, 0.2) is 6.61 Å². The molecule has 1 heterocycles. The number of ether oxygens (including phenoxy) is 2. The molecule has 2 amide bonds. The number of nitrogens with zero attached hydrogens (tertiary/aromatic N) is 2. The van der Waals surface area contributed by atoms with E-state index in [1.165, 1.54) is 41.3 Å². The number of halogens is 1. The predicted molar refractivity (Wildman–Crippen MR) is 158 cm³/mol. The van der Waals surface area contributed by atoms with E-state index in [-0.39, 0.29) is 35.3 Å². The minimum absolute atomic E-state index is 0.0465. The first-order chi connectivity index (χ1) is 20.6. The molecular formula is C31H31FN4O6S. The summed E-state index contributed by atoms with van der Waals surface area (Å²) in [6.07, 6.45) is 1.63. The van der Waals surface area contributed by atoms with E-state index in [4.69, 9.17) is 9.47 Å². The number of hydrogen-bond acceptors (Lipinski definition) is 7. The zero-order valence-electron chi connectivity index (χ0n) is 23.6. The third kappa shape index (κ3) is 8.76. The van der Waals surface area contributed by atoms with Gasteiger partial charge in [0, 0.05) is 18.4 Å². The minimum Gasteiger partial charge on any atom is -0.497 e. The van der Waals surface area contributed by atoms with E-state index in [1.807, 2.05) is 6.07 Å². The Morgan fingerprint density at radius 1 is 0.930 bits per heavy atom. The lowest BCUT2D eigenvalue weighted by Gasteiger charge is -2.28. The molecule has 0 saturated heterocycles. The quantitative estimate of drug-likeness (QED) is 0.234. The largest absolute Gasteiger partial charge is 0.497 e. The van der Waals surface area contributed by atoms with Crippen molar-refractivity contribution < 1.29 is 31.9 Å². The van der Waals surface area contributed by atoms with Crippen LogP contribution < -0.4 is 19.5 Å². The number of aromatic nitrogens is 1. The molecular weight excluding hydrogens is 575 g/mol. The fourth-order valence-corrected chi connectivity index (χ4v) is 5.07. The topological polar surface area (TPSA) is 127 Å². The highest BCUT2D eigenvalue weighted by molar-refractivity contribution is 7.92. The number of carbonyl (C=O) groups is 2. The molecule has 224 valence electrons. The zero-order chi connectivity index (χ0) is 30.8. The number of amides is 2. The van der Waals surface area contributed by atoms with Crippen LogP contribution in [0.15, 0.2) is 102 Å². The number of benzene rings is 3. The molecule has 12 heteroatoms. The summed E-state index contributed by atoms with van der Waals surface area (Å²) in [7, 11) is -2.38.